The Bertz CT molecular complexity index is 1160. The van der Waals surface area contributed by atoms with E-state index in [0.717, 1.165) is 22.6 Å². The number of benzene rings is 2. The number of hydrogen-bond donors (Lipinski definition) is 0. The van der Waals surface area contributed by atoms with Gasteiger partial charge in [0, 0.05) is 17.3 Å². The van der Waals surface area contributed by atoms with Crippen LogP contribution in [0.25, 0.3) is 5.69 Å². The minimum Gasteiger partial charge on any atom is -0.330 e. The highest BCUT2D eigenvalue weighted by atomic mass is 35.5. The fraction of sp³-hybridized carbons (Fsp3) is 0.280. The number of halogens is 2. The van der Waals surface area contributed by atoms with Crippen LogP contribution in [0.5, 0.6) is 0 Å². The van der Waals surface area contributed by atoms with Gasteiger partial charge in [0.2, 0.25) is 11.8 Å². The molecular weight excluding hydrogens is 445 g/mol. The summed E-state index contributed by atoms with van der Waals surface area (Å²) in [4.78, 5) is 29.9. The second-order valence-corrected chi connectivity index (χ2v) is 9.28. The van der Waals surface area contributed by atoms with Crippen molar-refractivity contribution in [3.05, 3.63) is 83.1 Å². The van der Waals surface area contributed by atoms with Crippen molar-refractivity contribution in [2.45, 2.75) is 38.2 Å². The summed E-state index contributed by atoms with van der Waals surface area (Å²) >= 11 is 12.4. The molecule has 0 fully saturated rings. The smallest absolute Gasteiger partial charge is 0.247 e. The Labute approximate surface area is 198 Å². The zero-order chi connectivity index (χ0) is 23.0. The van der Waals surface area contributed by atoms with Crippen molar-refractivity contribution in [3.8, 4) is 5.69 Å². The van der Waals surface area contributed by atoms with E-state index in [1.165, 1.54) is 4.90 Å². The summed E-state index contributed by atoms with van der Waals surface area (Å²) in [5.41, 5.74) is 3.54. The van der Waals surface area contributed by atoms with Crippen LogP contribution >= 0.6 is 23.2 Å². The molecule has 32 heavy (non-hydrogen) atoms. The molecule has 2 unspecified atom stereocenters. The van der Waals surface area contributed by atoms with Gasteiger partial charge in [-0.2, -0.15) is 0 Å². The van der Waals surface area contributed by atoms with E-state index in [2.05, 4.69) is 4.57 Å². The van der Waals surface area contributed by atoms with Gasteiger partial charge in [-0.15, -0.1) is 11.6 Å². The van der Waals surface area contributed by atoms with E-state index in [0.29, 0.717) is 5.02 Å². The van der Waals surface area contributed by atoms with Crippen LogP contribution in [0.1, 0.15) is 38.1 Å². The molecular formula is C25H25Cl2N3O2. The van der Waals surface area contributed by atoms with Crippen LogP contribution in [0.3, 0.4) is 0 Å². The Morgan fingerprint density at radius 2 is 1.72 bits per heavy atom. The highest BCUT2D eigenvalue weighted by Gasteiger charge is 2.37. The van der Waals surface area contributed by atoms with Gasteiger partial charge >= 0.3 is 0 Å². The lowest BCUT2D eigenvalue weighted by molar-refractivity contribution is -0.136. The number of hydrogen-bond acceptors (Lipinski definition) is 2. The first-order valence-corrected chi connectivity index (χ1v) is 11.4. The summed E-state index contributed by atoms with van der Waals surface area (Å²) in [6, 6.07) is 18.7. The molecule has 2 atom stereocenters. The van der Waals surface area contributed by atoms with E-state index in [1.807, 2.05) is 80.7 Å². The zero-order valence-corrected chi connectivity index (χ0v) is 19.7. The molecule has 0 saturated heterocycles. The fourth-order valence-electron chi connectivity index (χ4n) is 4.22. The maximum absolute atomic E-state index is 13.8. The van der Waals surface area contributed by atoms with Crippen LogP contribution in [0.4, 0.5) is 5.69 Å². The van der Waals surface area contributed by atoms with Crippen molar-refractivity contribution in [2.24, 2.45) is 0 Å². The van der Waals surface area contributed by atoms with E-state index >= 15 is 0 Å². The number of fused-ring (bicyclic) bond motifs is 3. The number of alkyl halides is 1. The largest absolute Gasteiger partial charge is 0.330 e. The van der Waals surface area contributed by atoms with Gasteiger partial charge in [-0.25, -0.2) is 0 Å². The average Bonchev–Trinajstić information content (AvgIpc) is 3.25. The van der Waals surface area contributed by atoms with E-state index in [9.17, 15) is 9.59 Å². The van der Waals surface area contributed by atoms with Crippen LogP contribution in [0, 0.1) is 0 Å². The standard InChI is InChI=1S/C25H25Cl2N3O2/c1-16(2)29(25(32)17(3)26)15-23(31)30-21-11-5-4-10-20(21)28-13-7-12-22(28)24(30)18-8-6-9-19(27)14-18/h4-14,16-17,24H,15H2,1-3H3. The van der Waals surface area contributed by atoms with Crippen molar-refractivity contribution in [1.82, 2.24) is 9.47 Å². The zero-order valence-electron chi connectivity index (χ0n) is 18.2. The highest BCUT2D eigenvalue weighted by molar-refractivity contribution is 6.31. The van der Waals surface area contributed by atoms with Crippen molar-refractivity contribution in [2.75, 3.05) is 11.4 Å². The number of carbonyl (C=O) groups excluding carboxylic acids is 2. The van der Waals surface area contributed by atoms with E-state index < -0.39 is 5.38 Å². The van der Waals surface area contributed by atoms with Crippen molar-refractivity contribution < 1.29 is 9.59 Å². The number of nitrogens with zero attached hydrogens (tertiary/aromatic N) is 3. The average molecular weight is 470 g/mol. The second-order valence-electron chi connectivity index (χ2n) is 8.19. The fourth-order valence-corrected chi connectivity index (χ4v) is 4.54. The molecule has 3 aromatic rings. The van der Waals surface area contributed by atoms with Gasteiger partial charge in [-0.05, 0) is 62.7 Å². The van der Waals surface area contributed by atoms with Crippen LogP contribution in [-0.4, -0.2) is 39.2 Å². The van der Waals surface area contributed by atoms with Gasteiger partial charge in [-0.1, -0.05) is 35.9 Å². The van der Waals surface area contributed by atoms with E-state index in [-0.39, 0.29) is 30.4 Å². The number of aromatic nitrogens is 1. The molecule has 7 heteroatoms. The maximum Gasteiger partial charge on any atom is 0.247 e. The number of rotatable bonds is 5. The van der Waals surface area contributed by atoms with Crippen LogP contribution in [0.2, 0.25) is 5.02 Å². The Kier molecular flexibility index (Phi) is 6.31. The van der Waals surface area contributed by atoms with Crippen LogP contribution in [0.15, 0.2) is 66.9 Å². The van der Waals surface area contributed by atoms with Gasteiger partial charge in [0.25, 0.3) is 0 Å². The molecule has 1 aliphatic rings. The molecule has 2 aromatic carbocycles. The third-order valence-electron chi connectivity index (χ3n) is 5.70. The quantitative estimate of drug-likeness (QED) is 0.467. The number of anilines is 1. The van der Waals surface area contributed by atoms with Gasteiger partial charge in [0.15, 0.2) is 0 Å². The molecule has 1 aliphatic heterocycles. The Morgan fingerprint density at radius 1 is 1.00 bits per heavy atom. The van der Waals surface area contributed by atoms with Crippen LogP contribution in [-0.2, 0) is 9.59 Å². The predicted octanol–water partition coefficient (Wildman–Crippen LogP) is 5.43. The third kappa shape index (κ3) is 4.03. The summed E-state index contributed by atoms with van der Waals surface area (Å²) in [5.74, 6) is -0.447. The lowest BCUT2D eigenvalue weighted by atomic mass is 9.97. The molecule has 4 rings (SSSR count). The maximum atomic E-state index is 13.8. The first-order chi connectivity index (χ1) is 15.3. The summed E-state index contributed by atoms with van der Waals surface area (Å²) < 4.78 is 2.09. The Balaban J connectivity index is 1.83. The first-order valence-electron chi connectivity index (χ1n) is 10.6. The molecule has 166 valence electrons. The molecule has 1 aromatic heterocycles. The Hall–Kier alpha value is -2.76. The summed E-state index contributed by atoms with van der Waals surface area (Å²) in [6.45, 7) is 5.32. The molecule has 2 amide bonds. The number of carbonyl (C=O) groups is 2. The third-order valence-corrected chi connectivity index (χ3v) is 6.13. The predicted molar refractivity (Wildman–Crippen MR) is 129 cm³/mol. The molecule has 0 aliphatic carbocycles. The van der Waals surface area contributed by atoms with Gasteiger partial charge < -0.3 is 9.47 Å². The molecule has 2 heterocycles. The minimum atomic E-state index is -0.709. The normalized spacial score (nSPS) is 15.8. The lowest BCUT2D eigenvalue weighted by Gasteiger charge is -2.40. The second kappa shape index (κ2) is 9.00. The molecule has 0 radical (unpaired) electrons. The SMILES string of the molecule is CC(Cl)C(=O)N(CC(=O)N1c2ccccc2-n2cccc2C1c1cccc(Cl)c1)C(C)C. The topological polar surface area (TPSA) is 45.6 Å². The van der Waals surface area contributed by atoms with Crippen LogP contribution < -0.4 is 4.90 Å². The molecule has 0 bridgehead atoms. The summed E-state index contributed by atoms with van der Waals surface area (Å²) in [6.07, 6.45) is 1.99. The lowest BCUT2D eigenvalue weighted by Crippen LogP contribution is -2.50. The van der Waals surface area contributed by atoms with E-state index in [1.54, 1.807) is 11.8 Å². The first kappa shape index (κ1) is 22.4. The molecule has 5 nitrogen and oxygen atoms in total. The van der Waals surface area contributed by atoms with Gasteiger partial charge in [0.1, 0.15) is 18.0 Å². The number of para-hydroxylation sites is 2. The van der Waals surface area contributed by atoms with Crippen molar-refractivity contribution in [1.29, 1.82) is 0 Å². The molecule has 0 spiro atoms. The summed E-state index contributed by atoms with van der Waals surface area (Å²) in [5, 5.41) is -0.110. The molecule has 0 N–H and O–H groups in total. The van der Waals surface area contributed by atoms with Gasteiger partial charge in [-0.3, -0.25) is 14.5 Å². The van der Waals surface area contributed by atoms with Gasteiger partial charge in [0.05, 0.1) is 17.1 Å². The highest BCUT2D eigenvalue weighted by Crippen LogP contribution is 2.42. The summed E-state index contributed by atoms with van der Waals surface area (Å²) in [7, 11) is 0. The number of amides is 2. The Morgan fingerprint density at radius 3 is 2.38 bits per heavy atom. The van der Waals surface area contributed by atoms with Crippen molar-refractivity contribution in [3.63, 3.8) is 0 Å². The minimum absolute atomic E-state index is 0.0698. The molecule has 0 saturated carbocycles. The van der Waals surface area contributed by atoms with E-state index in [4.69, 9.17) is 23.2 Å². The monoisotopic (exact) mass is 469 g/mol. The van der Waals surface area contributed by atoms with Crippen molar-refractivity contribution >= 4 is 40.7 Å².